The molecule has 0 saturated carbocycles. The largest absolute Gasteiger partial charge is 0.389 e. The van der Waals surface area contributed by atoms with Gasteiger partial charge in [0, 0.05) is 4.47 Å². The molecule has 0 spiro atoms. The molecule has 2 heteroatoms. The molecule has 60 valence electrons. The predicted octanol–water partition coefficient (Wildman–Crippen LogP) is 2.81. The summed E-state index contributed by atoms with van der Waals surface area (Å²) < 4.78 is 1.05. The summed E-state index contributed by atoms with van der Waals surface area (Å²) in [5, 5.41) is 9.22. The lowest BCUT2D eigenvalue weighted by Crippen LogP contribution is -1.90. The molecule has 0 bridgehead atoms. The molecule has 1 atom stereocenters. The topological polar surface area (TPSA) is 20.2 Å². The summed E-state index contributed by atoms with van der Waals surface area (Å²) in [4.78, 5) is 0. The van der Waals surface area contributed by atoms with Crippen molar-refractivity contribution in [2.75, 3.05) is 0 Å². The Morgan fingerprint density at radius 1 is 1.45 bits per heavy atom. The highest BCUT2D eigenvalue weighted by Crippen LogP contribution is 2.21. The van der Waals surface area contributed by atoms with Gasteiger partial charge in [-0.15, -0.1) is 0 Å². The Kier molecular flexibility index (Phi) is 2.68. The maximum atomic E-state index is 9.22. The van der Waals surface area contributed by atoms with E-state index in [0.717, 1.165) is 10.0 Å². The average molecular weight is 215 g/mol. The molecule has 1 nitrogen and oxygen atoms in total. The molecule has 0 fully saturated rings. The van der Waals surface area contributed by atoms with Crippen LogP contribution in [-0.4, -0.2) is 5.11 Å². The number of rotatable bonds is 1. The summed E-state index contributed by atoms with van der Waals surface area (Å²) in [6.45, 7) is 3.78. The van der Waals surface area contributed by atoms with E-state index in [4.69, 9.17) is 0 Å². The Labute approximate surface area is 75.2 Å². The minimum absolute atomic E-state index is 0.383. The van der Waals surface area contributed by atoms with Gasteiger partial charge in [-0.3, -0.25) is 0 Å². The van der Waals surface area contributed by atoms with Crippen LogP contribution in [0.1, 0.15) is 24.2 Å². The Balaban J connectivity index is 3.05. The van der Waals surface area contributed by atoms with Crippen molar-refractivity contribution in [3.05, 3.63) is 33.8 Å². The molecule has 1 aromatic rings. The molecule has 0 unspecified atom stereocenters. The van der Waals surface area contributed by atoms with Gasteiger partial charge >= 0.3 is 0 Å². The number of aryl methyl sites for hydroxylation is 1. The highest BCUT2D eigenvalue weighted by Gasteiger charge is 2.01. The van der Waals surface area contributed by atoms with Crippen LogP contribution in [0.4, 0.5) is 0 Å². The fourth-order valence-electron chi connectivity index (χ4n) is 0.869. The summed E-state index contributed by atoms with van der Waals surface area (Å²) in [7, 11) is 0. The zero-order chi connectivity index (χ0) is 8.43. The van der Waals surface area contributed by atoms with Gasteiger partial charge in [0.2, 0.25) is 0 Å². The van der Waals surface area contributed by atoms with E-state index in [-0.39, 0.29) is 6.10 Å². The van der Waals surface area contributed by atoms with Gasteiger partial charge in [0.25, 0.3) is 0 Å². The van der Waals surface area contributed by atoms with E-state index in [2.05, 4.69) is 15.9 Å². The highest BCUT2D eigenvalue weighted by atomic mass is 79.9. The van der Waals surface area contributed by atoms with Crippen LogP contribution in [0.15, 0.2) is 22.7 Å². The van der Waals surface area contributed by atoms with Crippen LogP contribution >= 0.6 is 15.9 Å². The molecule has 0 aliphatic rings. The van der Waals surface area contributed by atoms with Crippen LogP contribution in [0.3, 0.4) is 0 Å². The molecule has 0 aliphatic carbocycles. The first-order chi connectivity index (χ1) is 5.11. The van der Waals surface area contributed by atoms with Crippen molar-refractivity contribution < 1.29 is 5.11 Å². The minimum atomic E-state index is -0.383. The van der Waals surface area contributed by atoms with Crippen LogP contribution in [0.25, 0.3) is 0 Å². The quantitative estimate of drug-likeness (QED) is 0.763. The van der Waals surface area contributed by atoms with Crippen molar-refractivity contribution in [1.29, 1.82) is 0 Å². The smallest absolute Gasteiger partial charge is 0.0762 e. The molecule has 0 saturated heterocycles. The zero-order valence-electron chi connectivity index (χ0n) is 6.63. The van der Waals surface area contributed by atoms with E-state index in [9.17, 15) is 5.11 Å². The molecule has 0 aromatic heterocycles. The Bertz CT molecular complexity index is 256. The van der Waals surface area contributed by atoms with Crippen molar-refractivity contribution in [2.24, 2.45) is 0 Å². The van der Waals surface area contributed by atoms with Gasteiger partial charge < -0.3 is 5.11 Å². The van der Waals surface area contributed by atoms with E-state index in [1.54, 1.807) is 6.92 Å². The molecular weight excluding hydrogens is 204 g/mol. The molecule has 0 aliphatic heterocycles. The lowest BCUT2D eigenvalue weighted by atomic mass is 10.1. The van der Waals surface area contributed by atoms with Crippen molar-refractivity contribution >= 4 is 15.9 Å². The third-order valence-electron chi connectivity index (χ3n) is 1.68. The summed E-state index contributed by atoms with van der Waals surface area (Å²) in [5.41, 5.74) is 2.14. The standard InChI is InChI=1S/C9H11BrO/c1-6-3-4-8(7(2)11)5-9(6)10/h3-5,7,11H,1-2H3/t7-/m1/s1. The van der Waals surface area contributed by atoms with E-state index in [1.807, 2.05) is 25.1 Å². The van der Waals surface area contributed by atoms with Gasteiger partial charge in [-0.25, -0.2) is 0 Å². The van der Waals surface area contributed by atoms with Crippen molar-refractivity contribution in [1.82, 2.24) is 0 Å². The monoisotopic (exact) mass is 214 g/mol. The van der Waals surface area contributed by atoms with Crippen molar-refractivity contribution in [2.45, 2.75) is 20.0 Å². The van der Waals surface area contributed by atoms with E-state index in [0.29, 0.717) is 0 Å². The van der Waals surface area contributed by atoms with Crippen LogP contribution in [0, 0.1) is 6.92 Å². The molecule has 1 N–H and O–H groups in total. The van der Waals surface area contributed by atoms with E-state index < -0.39 is 0 Å². The van der Waals surface area contributed by atoms with E-state index >= 15 is 0 Å². The van der Waals surface area contributed by atoms with Gasteiger partial charge in [-0.1, -0.05) is 28.1 Å². The number of hydrogen-bond donors (Lipinski definition) is 1. The number of benzene rings is 1. The SMILES string of the molecule is Cc1ccc([C@@H](C)O)cc1Br. The molecule has 11 heavy (non-hydrogen) atoms. The number of aliphatic hydroxyl groups is 1. The summed E-state index contributed by atoms with van der Waals surface area (Å²) in [6.07, 6.45) is -0.383. The fourth-order valence-corrected chi connectivity index (χ4v) is 1.27. The second-order valence-electron chi connectivity index (χ2n) is 2.68. The summed E-state index contributed by atoms with van der Waals surface area (Å²) >= 11 is 3.40. The highest BCUT2D eigenvalue weighted by molar-refractivity contribution is 9.10. The first-order valence-electron chi connectivity index (χ1n) is 3.55. The lowest BCUT2D eigenvalue weighted by molar-refractivity contribution is 0.199. The second kappa shape index (κ2) is 3.37. The van der Waals surface area contributed by atoms with Gasteiger partial charge in [0.15, 0.2) is 0 Å². The Morgan fingerprint density at radius 3 is 2.55 bits per heavy atom. The van der Waals surface area contributed by atoms with E-state index in [1.165, 1.54) is 5.56 Å². The molecular formula is C9H11BrO. The average Bonchev–Trinajstić information content (AvgIpc) is 1.94. The zero-order valence-corrected chi connectivity index (χ0v) is 8.22. The van der Waals surface area contributed by atoms with Crippen LogP contribution in [-0.2, 0) is 0 Å². The van der Waals surface area contributed by atoms with Gasteiger partial charge in [-0.05, 0) is 31.0 Å². The number of aliphatic hydroxyl groups excluding tert-OH is 1. The predicted molar refractivity (Wildman–Crippen MR) is 49.5 cm³/mol. The van der Waals surface area contributed by atoms with Gasteiger partial charge in [0.05, 0.1) is 6.10 Å². The molecule has 1 rings (SSSR count). The van der Waals surface area contributed by atoms with Crippen LogP contribution in [0.5, 0.6) is 0 Å². The molecule has 0 heterocycles. The third-order valence-corrected chi connectivity index (χ3v) is 2.53. The minimum Gasteiger partial charge on any atom is -0.389 e. The maximum absolute atomic E-state index is 9.22. The Hall–Kier alpha value is -0.340. The van der Waals surface area contributed by atoms with Crippen LogP contribution in [0.2, 0.25) is 0 Å². The first-order valence-corrected chi connectivity index (χ1v) is 4.34. The molecule has 0 amide bonds. The van der Waals surface area contributed by atoms with Gasteiger partial charge in [0.1, 0.15) is 0 Å². The van der Waals surface area contributed by atoms with Crippen LogP contribution < -0.4 is 0 Å². The first kappa shape index (κ1) is 8.75. The number of halogens is 1. The van der Waals surface area contributed by atoms with Crippen molar-refractivity contribution in [3.8, 4) is 0 Å². The fraction of sp³-hybridized carbons (Fsp3) is 0.333. The van der Waals surface area contributed by atoms with Crippen molar-refractivity contribution in [3.63, 3.8) is 0 Å². The summed E-state index contributed by atoms with van der Waals surface area (Å²) in [5.74, 6) is 0. The Morgan fingerprint density at radius 2 is 2.09 bits per heavy atom. The molecule has 1 aromatic carbocycles. The normalized spacial score (nSPS) is 13.1. The molecule has 0 radical (unpaired) electrons. The number of hydrogen-bond acceptors (Lipinski definition) is 1. The maximum Gasteiger partial charge on any atom is 0.0762 e. The summed E-state index contributed by atoms with van der Waals surface area (Å²) in [6, 6.07) is 5.87. The lowest BCUT2D eigenvalue weighted by Gasteiger charge is -2.05. The second-order valence-corrected chi connectivity index (χ2v) is 3.54. The van der Waals surface area contributed by atoms with Gasteiger partial charge in [-0.2, -0.15) is 0 Å². The third kappa shape index (κ3) is 2.04.